The third-order valence-corrected chi connectivity index (χ3v) is 2.85. The van der Waals surface area contributed by atoms with Gasteiger partial charge in [0.15, 0.2) is 0 Å². The van der Waals surface area contributed by atoms with Crippen LogP contribution >= 0.6 is 0 Å². The average molecular weight is 224 g/mol. The van der Waals surface area contributed by atoms with E-state index in [-0.39, 0.29) is 5.92 Å². The molecule has 0 saturated carbocycles. The molecule has 17 heavy (non-hydrogen) atoms. The summed E-state index contributed by atoms with van der Waals surface area (Å²) in [4.78, 5) is 0. The maximum atomic E-state index is 5.25. The number of ether oxygens (including phenoxy) is 1. The van der Waals surface area contributed by atoms with Crippen molar-refractivity contribution in [2.24, 2.45) is 0 Å². The minimum atomic E-state index is 0.214. The van der Waals surface area contributed by atoms with Crippen LogP contribution in [-0.4, -0.2) is 7.11 Å². The number of benzene rings is 2. The molecule has 1 unspecified atom stereocenters. The van der Waals surface area contributed by atoms with Crippen molar-refractivity contribution in [3.63, 3.8) is 0 Å². The second-order valence-electron chi connectivity index (χ2n) is 3.90. The third kappa shape index (κ3) is 2.56. The first-order valence-corrected chi connectivity index (χ1v) is 5.66. The smallest absolute Gasteiger partial charge is 0.119 e. The van der Waals surface area contributed by atoms with E-state index in [1.807, 2.05) is 36.4 Å². The summed E-state index contributed by atoms with van der Waals surface area (Å²) < 4.78 is 5.25. The van der Waals surface area contributed by atoms with E-state index in [1.54, 1.807) is 7.11 Å². The molecule has 0 fully saturated rings. The Balaban J connectivity index is 2.38. The van der Waals surface area contributed by atoms with Gasteiger partial charge >= 0.3 is 0 Å². The van der Waals surface area contributed by atoms with Gasteiger partial charge in [-0.3, -0.25) is 0 Å². The fourth-order valence-corrected chi connectivity index (χ4v) is 1.96. The van der Waals surface area contributed by atoms with Crippen LogP contribution in [-0.2, 0) is 0 Å². The van der Waals surface area contributed by atoms with Crippen LogP contribution in [0.4, 0.5) is 0 Å². The molecule has 2 rings (SSSR count). The monoisotopic (exact) mass is 224 g/mol. The lowest BCUT2D eigenvalue weighted by molar-refractivity contribution is 0.414. The van der Waals surface area contributed by atoms with E-state index in [4.69, 9.17) is 4.74 Å². The van der Waals surface area contributed by atoms with E-state index >= 15 is 0 Å². The van der Waals surface area contributed by atoms with Crippen LogP contribution in [0.2, 0.25) is 0 Å². The molecule has 0 N–H and O–H groups in total. The highest BCUT2D eigenvalue weighted by atomic mass is 16.5. The predicted molar refractivity (Wildman–Crippen MR) is 71.5 cm³/mol. The lowest BCUT2D eigenvalue weighted by Gasteiger charge is -2.14. The quantitative estimate of drug-likeness (QED) is 0.713. The van der Waals surface area contributed by atoms with E-state index in [9.17, 15) is 0 Å². The molecule has 0 spiro atoms. The molecule has 2 aromatic rings. The van der Waals surface area contributed by atoms with E-state index in [2.05, 4.69) is 30.8 Å². The number of allylic oxidation sites excluding steroid dienone is 1. The first-order valence-electron chi connectivity index (χ1n) is 5.66. The van der Waals surface area contributed by atoms with Crippen LogP contribution in [0, 0.1) is 0 Å². The van der Waals surface area contributed by atoms with Crippen LogP contribution in [0.25, 0.3) is 0 Å². The maximum absolute atomic E-state index is 5.25. The molecule has 0 aliphatic heterocycles. The predicted octanol–water partition coefficient (Wildman–Crippen LogP) is 4.01. The summed E-state index contributed by atoms with van der Waals surface area (Å²) in [5.41, 5.74) is 2.45. The van der Waals surface area contributed by atoms with Crippen molar-refractivity contribution >= 4 is 0 Å². The maximum Gasteiger partial charge on any atom is 0.119 e. The highest BCUT2D eigenvalue weighted by molar-refractivity contribution is 5.39. The van der Waals surface area contributed by atoms with Gasteiger partial charge in [0, 0.05) is 5.92 Å². The van der Waals surface area contributed by atoms with Crippen molar-refractivity contribution in [2.75, 3.05) is 7.11 Å². The van der Waals surface area contributed by atoms with Crippen molar-refractivity contribution < 1.29 is 4.74 Å². The Kier molecular flexibility index (Phi) is 3.61. The van der Waals surface area contributed by atoms with E-state index in [1.165, 1.54) is 11.1 Å². The van der Waals surface area contributed by atoms with Crippen LogP contribution in [0.1, 0.15) is 17.0 Å². The second kappa shape index (κ2) is 5.35. The van der Waals surface area contributed by atoms with Gasteiger partial charge in [-0.15, -0.1) is 6.58 Å². The van der Waals surface area contributed by atoms with Crippen molar-refractivity contribution in [1.82, 2.24) is 0 Å². The Morgan fingerprint density at radius 3 is 2.35 bits per heavy atom. The fourth-order valence-electron chi connectivity index (χ4n) is 1.96. The Morgan fingerprint density at radius 1 is 1.00 bits per heavy atom. The van der Waals surface area contributed by atoms with Gasteiger partial charge in [-0.2, -0.15) is 0 Å². The summed E-state index contributed by atoms with van der Waals surface area (Å²) in [6.07, 6.45) is 1.96. The lowest BCUT2D eigenvalue weighted by Crippen LogP contribution is -1.97. The molecular weight excluding hydrogens is 208 g/mol. The standard InChI is InChI=1S/C16H16O/c1-3-16(13-8-5-4-6-9-13)14-10-7-11-15(12-14)17-2/h3-12,16H,1H2,2H3. The Morgan fingerprint density at radius 2 is 1.71 bits per heavy atom. The van der Waals surface area contributed by atoms with Gasteiger partial charge in [0.2, 0.25) is 0 Å². The minimum Gasteiger partial charge on any atom is -0.497 e. The number of methoxy groups -OCH3 is 1. The number of hydrogen-bond acceptors (Lipinski definition) is 1. The second-order valence-corrected chi connectivity index (χ2v) is 3.90. The summed E-state index contributed by atoms with van der Waals surface area (Å²) in [5, 5.41) is 0. The largest absolute Gasteiger partial charge is 0.497 e. The van der Waals surface area contributed by atoms with E-state index < -0.39 is 0 Å². The van der Waals surface area contributed by atoms with Crippen molar-refractivity contribution in [3.8, 4) is 5.75 Å². The number of hydrogen-bond donors (Lipinski definition) is 0. The zero-order chi connectivity index (χ0) is 12.1. The first-order chi connectivity index (χ1) is 8.35. The van der Waals surface area contributed by atoms with Crippen LogP contribution < -0.4 is 4.74 Å². The molecule has 0 amide bonds. The molecule has 1 heteroatoms. The molecule has 2 aromatic carbocycles. The molecule has 1 atom stereocenters. The average Bonchev–Trinajstić information content (AvgIpc) is 2.41. The SMILES string of the molecule is C=CC(c1ccccc1)c1cccc(OC)c1. The van der Waals surface area contributed by atoms with Gasteiger partial charge < -0.3 is 4.74 Å². The highest BCUT2D eigenvalue weighted by Crippen LogP contribution is 2.27. The fraction of sp³-hybridized carbons (Fsp3) is 0.125. The third-order valence-electron chi connectivity index (χ3n) is 2.85. The van der Waals surface area contributed by atoms with Gasteiger partial charge in [0.05, 0.1) is 7.11 Å². The molecular formula is C16H16O. The van der Waals surface area contributed by atoms with Crippen LogP contribution in [0.15, 0.2) is 67.3 Å². The molecule has 0 aromatic heterocycles. The molecule has 1 nitrogen and oxygen atoms in total. The van der Waals surface area contributed by atoms with E-state index in [0.29, 0.717) is 0 Å². The Labute approximate surface area is 102 Å². The Hall–Kier alpha value is -2.02. The van der Waals surface area contributed by atoms with Crippen molar-refractivity contribution in [3.05, 3.63) is 78.4 Å². The molecule has 0 saturated heterocycles. The minimum absolute atomic E-state index is 0.214. The molecule has 0 aliphatic carbocycles. The van der Waals surface area contributed by atoms with Gasteiger partial charge in [0.1, 0.15) is 5.75 Å². The molecule has 0 radical (unpaired) electrons. The van der Waals surface area contributed by atoms with Crippen LogP contribution in [0.5, 0.6) is 5.75 Å². The zero-order valence-corrected chi connectivity index (χ0v) is 9.97. The Bertz CT molecular complexity index is 488. The summed E-state index contributed by atoms with van der Waals surface area (Å²) in [6, 6.07) is 18.5. The van der Waals surface area contributed by atoms with Gasteiger partial charge in [-0.1, -0.05) is 48.5 Å². The van der Waals surface area contributed by atoms with Gasteiger partial charge in [-0.05, 0) is 23.3 Å². The van der Waals surface area contributed by atoms with Crippen LogP contribution in [0.3, 0.4) is 0 Å². The number of rotatable bonds is 4. The van der Waals surface area contributed by atoms with E-state index in [0.717, 1.165) is 5.75 Å². The molecule has 86 valence electrons. The highest BCUT2D eigenvalue weighted by Gasteiger charge is 2.10. The van der Waals surface area contributed by atoms with Crippen molar-refractivity contribution in [2.45, 2.75) is 5.92 Å². The molecule has 0 bridgehead atoms. The van der Waals surface area contributed by atoms with Crippen molar-refractivity contribution in [1.29, 1.82) is 0 Å². The lowest BCUT2D eigenvalue weighted by atomic mass is 9.91. The molecule has 0 heterocycles. The van der Waals surface area contributed by atoms with Gasteiger partial charge in [-0.25, -0.2) is 0 Å². The summed E-state index contributed by atoms with van der Waals surface area (Å²) in [5.74, 6) is 1.09. The topological polar surface area (TPSA) is 9.23 Å². The summed E-state index contributed by atoms with van der Waals surface area (Å²) in [6.45, 7) is 3.93. The first kappa shape index (κ1) is 11.5. The molecule has 0 aliphatic rings. The zero-order valence-electron chi connectivity index (χ0n) is 9.97. The summed E-state index contributed by atoms with van der Waals surface area (Å²) in [7, 11) is 1.69. The summed E-state index contributed by atoms with van der Waals surface area (Å²) >= 11 is 0. The normalized spacial score (nSPS) is 11.8. The van der Waals surface area contributed by atoms with Gasteiger partial charge in [0.25, 0.3) is 0 Å².